The van der Waals surface area contributed by atoms with Crippen LogP contribution in [0.5, 0.6) is 0 Å². The van der Waals surface area contributed by atoms with E-state index in [1.165, 1.54) is 37.3 Å². The van der Waals surface area contributed by atoms with Gasteiger partial charge in [-0.15, -0.1) is 0 Å². The molecular weight excluding hydrogens is 448 g/mol. The Bertz CT molecular complexity index is 1160. The number of esters is 1. The summed E-state index contributed by atoms with van der Waals surface area (Å²) in [6.45, 7) is 0.609. The fourth-order valence-electron chi connectivity index (χ4n) is 3.22. The molecule has 3 rings (SSSR count). The molecule has 2 N–H and O–H groups in total. The number of carbonyl (C=O) groups excluding carboxylic acids is 5. The maximum Gasteiger partial charge on any atom is 0.311 e. The normalized spacial score (nSPS) is 14.9. The van der Waals surface area contributed by atoms with Crippen LogP contribution in [0, 0.1) is 16.0 Å². The van der Waals surface area contributed by atoms with E-state index >= 15 is 0 Å². The topological polar surface area (TPSA) is 165 Å². The van der Waals surface area contributed by atoms with Gasteiger partial charge < -0.3 is 10.1 Å². The van der Waals surface area contributed by atoms with Crippen LogP contribution in [-0.4, -0.2) is 52.6 Å². The first kappa shape index (κ1) is 24.0. The summed E-state index contributed by atoms with van der Waals surface area (Å²) in [5, 5.41) is 14.5. The maximum absolute atomic E-state index is 12.4. The molecule has 1 heterocycles. The number of amides is 3. The summed E-state index contributed by atoms with van der Waals surface area (Å²) in [5.41, 5.74) is 2.49. The van der Waals surface area contributed by atoms with Crippen molar-refractivity contribution in [2.45, 2.75) is 13.3 Å². The first-order chi connectivity index (χ1) is 16.2. The van der Waals surface area contributed by atoms with E-state index in [1.807, 2.05) is 0 Å². The fraction of sp³-hybridized carbons (Fsp3) is 0.227. The summed E-state index contributed by atoms with van der Waals surface area (Å²) in [4.78, 5) is 70.6. The van der Waals surface area contributed by atoms with Crippen molar-refractivity contribution in [3.63, 3.8) is 0 Å². The molecule has 0 radical (unpaired) electrons. The molecule has 176 valence electrons. The molecule has 1 atom stereocenters. The minimum Gasteiger partial charge on any atom is -0.455 e. The second kappa shape index (κ2) is 10.3. The minimum absolute atomic E-state index is 0.120. The van der Waals surface area contributed by atoms with Gasteiger partial charge in [0.25, 0.3) is 17.5 Å². The fourth-order valence-corrected chi connectivity index (χ4v) is 3.22. The highest BCUT2D eigenvalue weighted by Crippen LogP contribution is 2.21. The van der Waals surface area contributed by atoms with Gasteiger partial charge in [0.15, 0.2) is 12.4 Å². The third-order valence-corrected chi connectivity index (χ3v) is 4.96. The number of ketones is 1. The van der Waals surface area contributed by atoms with Crippen molar-refractivity contribution in [3.05, 3.63) is 69.8 Å². The van der Waals surface area contributed by atoms with Crippen molar-refractivity contribution in [2.24, 2.45) is 5.92 Å². The lowest BCUT2D eigenvalue weighted by Gasteiger charge is -2.17. The standard InChI is InChI=1S/C22H20N4O8/c1-13(27)14-6-8-16(9-7-14)23-19(28)12-34-22(31)15-10-20(29)25(11-15)24-21(30)17-4-2-3-5-18(17)26(32)33/h2-9,15H,10-12H2,1H3,(H,23,28)(H,24,30)/t15-/m1/s1. The molecule has 0 aromatic heterocycles. The number of nitrogens with one attached hydrogen (secondary N) is 2. The van der Waals surface area contributed by atoms with Crippen LogP contribution in [0.1, 0.15) is 34.1 Å². The average molecular weight is 468 g/mol. The monoisotopic (exact) mass is 468 g/mol. The molecule has 0 unspecified atom stereocenters. The molecule has 0 bridgehead atoms. The second-order valence-corrected chi connectivity index (χ2v) is 7.41. The number of para-hydroxylation sites is 1. The first-order valence-electron chi connectivity index (χ1n) is 10.1. The number of nitro benzene ring substituents is 1. The summed E-state index contributed by atoms with van der Waals surface area (Å²) >= 11 is 0. The predicted octanol–water partition coefficient (Wildman–Crippen LogP) is 1.47. The smallest absolute Gasteiger partial charge is 0.311 e. The van der Waals surface area contributed by atoms with Gasteiger partial charge in [0.1, 0.15) is 5.56 Å². The van der Waals surface area contributed by atoms with Gasteiger partial charge in [-0.25, -0.2) is 0 Å². The zero-order chi connectivity index (χ0) is 24.8. The molecule has 2 aromatic rings. The highest BCUT2D eigenvalue weighted by atomic mass is 16.6. The predicted molar refractivity (Wildman–Crippen MR) is 116 cm³/mol. The number of carbonyl (C=O) groups is 5. The van der Waals surface area contributed by atoms with E-state index in [-0.39, 0.29) is 24.3 Å². The van der Waals surface area contributed by atoms with Crippen molar-refractivity contribution >= 4 is 40.8 Å². The van der Waals surface area contributed by atoms with E-state index in [2.05, 4.69) is 10.7 Å². The molecule has 0 saturated carbocycles. The molecule has 12 nitrogen and oxygen atoms in total. The van der Waals surface area contributed by atoms with E-state index in [0.717, 1.165) is 11.1 Å². The Morgan fingerprint density at radius 2 is 1.79 bits per heavy atom. The molecule has 0 aliphatic carbocycles. The lowest BCUT2D eigenvalue weighted by molar-refractivity contribution is -0.385. The average Bonchev–Trinajstić information content (AvgIpc) is 3.17. The zero-order valence-corrected chi connectivity index (χ0v) is 18.0. The Hall–Kier alpha value is -4.61. The number of ether oxygens (including phenoxy) is 1. The summed E-state index contributed by atoms with van der Waals surface area (Å²) in [6.07, 6.45) is -0.260. The lowest BCUT2D eigenvalue weighted by Crippen LogP contribution is -2.43. The van der Waals surface area contributed by atoms with Crippen molar-refractivity contribution in [1.29, 1.82) is 0 Å². The van der Waals surface area contributed by atoms with Crippen LogP contribution in [-0.2, 0) is 19.1 Å². The maximum atomic E-state index is 12.4. The van der Waals surface area contributed by atoms with E-state index in [0.29, 0.717) is 11.3 Å². The lowest BCUT2D eigenvalue weighted by atomic mass is 10.1. The summed E-state index contributed by atoms with van der Waals surface area (Å²) in [5.74, 6) is -3.92. The highest BCUT2D eigenvalue weighted by Gasteiger charge is 2.37. The Labute approximate surface area is 193 Å². The number of anilines is 1. The molecule has 0 spiro atoms. The number of Topliss-reactive ketones (excluding diaryl/α,β-unsaturated/α-hetero) is 1. The third-order valence-electron chi connectivity index (χ3n) is 4.96. The van der Waals surface area contributed by atoms with E-state index < -0.39 is 46.8 Å². The number of hydrazine groups is 1. The summed E-state index contributed by atoms with van der Waals surface area (Å²) in [7, 11) is 0. The van der Waals surface area contributed by atoms with Gasteiger partial charge in [-0.2, -0.15) is 0 Å². The SMILES string of the molecule is CC(=O)c1ccc(NC(=O)COC(=O)[C@@H]2CC(=O)N(NC(=O)c3ccccc3[N+](=O)[O-])C2)cc1. The molecule has 1 fully saturated rings. The van der Waals surface area contributed by atoms with Crippen LogP contribution in [0.15, 0.2) is 48.5 Å². The van der Waals surface area contributed by atoms with E-state index in [1.54, 1.807) is 12.1 Å². The molecular formula is C22H20N4O8. The van der Waals surface area contributed by atoms with Gasteiger partial charge in [0.05, 0.1) is 17.4 Å². The number of hydrogen-bond acceptors (Lipinski definition) is 8. The van der Waals surface area contributed by atoms with Gasteiger partial charge in [-0.1, -0.05) is 12.1 Å². The van der Waals surface area contributed by atoms with Crippen molar-refractivity contribution in [2.75, 3.05) is 18.5 Å². The molecule has 2 aromatic carbocycles. The Kier molecular flexibility index (Phi) is 7.31. The van der Waals surface area contributed by atoms with Crippen LogP contribution in [0.3, 0.4) is 0 Å². The minimum atomic E-state index is -0.929. The van der Waals surface area contributed by atoms with Crippen molar-refractivity contribution in [3.8, 4) is 0 Å². The number of hydrogen-bond donors (Lipinski definition) is 2. The number of benzene rings is 2. The van der Waals surface area contributed by atoms with E-state index in [4.69, 9.17) is 4.74 Å². The van der Waals surface area contributed by atoms with Crippen LogP contribution < -0.4 is 10.7 Å². The van der Waals surface area contributed by atoms with Gasteiger partial charge in [0.2, 0.25) is 5.91 Å². The first-order valence-corrected chi connectivity index (χ1v) is 10.1. The largest absolute Gasteiger partial charge is 0.455 e. The Balaban J connectivity index is 1.51. The Morgan fingerprint density at radius 1 is 1.12 bits per heavy atom. The third kappa shape index (κ3) is 5.79. The van der Waals surface area contributed by atoms with E-state index in [9.17, 15) is 34.1 Å². The van der Waals surface area contributed by atoms with Crippen LogP contribution in [0.2, 0.25) is 0 Å². The molecule has 3 amide bonds. The molecule has 1 aliphatic heterocycles. The quantitative estimate of drug-likeness (QED) is 0.254. The second-order valence-electron chi connectivity index (χ2n) is 7.41. The molecule has 12 heteroatoms. The molecule has 1 aliphatic rings. The number of rotatable bonds is 8. The number of nitro groups is 1. The van der Waals surface area contributed by atoms with Crippen LogP contribution >= 0.6 is 0 Å². The summed E-state index contributed by atoms with van der Waals surface area (Å²) in [6, 6.07) is 11.4. The van der Waals surface area contributed by atoms with Gasteiger partial charge in [0, 0.05) is 23.7 Å². The van der Waals surface area contributed by atoms with Gasteiger partial charge in [-0.05, 0) is 37.3 Å². The van der Waals surface area contributed by atoms with Crippen molar-refractivity contribution in [1.82, 2.24) is 10.4 Å². The van der Waals surface area contributed by atoms with Gasteiger partial charge in [-0.3, -0.25) is 44.5 Å². The summed E-state index contributed by atoms with van der Waals surface area (Å²) < 4.78 is 4.97. The Morgan fingerprint density at radius 3 is 2.44 bits per heavy atom. The van der Waals surface area contributed by atoms with Gasteiger partial charge >= 0.3 is 5.97 Å². The number of nitrogens with zero attached hydrogens (tertiary/aromatic N) is 2. The van der Waals surface area contributed by atoms with Crippen molar-refractivity contribution < 1.29 is 33.6 Å². The van der Waals surface area contributed by atoms with Crippen LogP contribution in [0.25, 0.3) is 0 Å². The highest BCUT2D eigenvalue weighted by molar-refractivity contribution is 6.00. The molecule has 34 heavy (non-hydrogen) atoms. The zero-order valence-electron chi connectivity index (χ0n) is 18.0. The molecule has 1 saturated heterocycles. The van der Waals surface area contributed by atoms with Crippen LogP contribution in [0.4, 0.5) is 11.4 Å².